The van der Waals surface area contributed by atoms with E-state index >= 15 is 0 Å². The number of rotatable bonds is 6. The molecule has 0 aliphatic heterocycles. The second-order valence-corrected chi connectivity index (χ2v) is 16.0. The fraction of sp³-hybridized carbons (Fsp3) is 0. The average molecular weight is 793 g/mol. The first kappa shape index (κ1) is 34.5. The monoisotopic (exact) mass is 792 g/mol. The SMILES string of the molecule is c1cc(-c2cccc3oc4c5ccccc5ccc4c23)cc(N(c2ccc(-c3cccc4oc5ccccc5c34)cc2)c2cccc(-n3c4ccccc4c4ccccc43)c2)c1. The van der Waals surface area contributed by atoms with Gasteiger partial charge in [0.25, 0.3) is 0 Å². The number of fused-ring (bicyclic) bond motifs is 11. The Bertz CT molecular complexity index is 3830. The van der Waals surface area contributed by atoms with Crippen molar-refractivity contribution in [2.45, 2.75) is 0 Å². The molecule has 0 N–H and O–H groups in total. The Labute approximate surface area is 356 Å². The molecule has 0 aliphatic rings. The number of furan rings is 2. The van der Waals surface area contributed by atoms with Crippen molar-refractivity contribution >= 4 is 93.5 Å². The highest BCUT2D eigenvalue weighted by Gasteiger charge is 2.20. The molecule has 13 rings (SSSR count). The van der Waals surface area contributed by atoms with Crippen LogP contribution in [0.5, 0.6) is 0 Å². The first-order chi connectivity index (χ1) is 30.7. The quantitative estimate of drug-likeness (QED) is 0.168. The van der Waals surface area contributed by atoms with Crippen LogP contribution in [0.1, 0.15) is 0 Å². The molecule has 3 heterocycles. The fourth-order valence-electron chi connectivity index (χ4n) is 9.83. The Kier molecular flexibility index (Phi) is 7.57. The van der Waals surface area contributed by atoms with Crippen molar-refractivity contribution in [3.63, 3.8) is 0 Å². The van der Waals surface area contributed by atoms with E-state index in [2.05, 4.69) is 216 Å². The van der Waals surface area contributed by atoms with Crippen LogP contribution < -0.4 is 4.90 Å². The third kappa shape index (κ3) is 5.27. The second kappa shape index (κ2) is 13.6. The Balaban J connectivity index is 0.995. The van der Waals surface area contributed by atoms with E-state index < -0.39 is 0 Å². The number of anilines is 3. The summed E-state index contributed by atoms with van der Waals surface area (Å²) in [5.74, 6) is 0. The Morgan fingerprint density at radius 2 is 0.919 bits per heavy atom. The molecule has 0 atom stereocenters. The van der Waals surface area contributed by atoms with E-state index in [9.17, 15) is 0 Å². The van der Waals surface area contributed by atoms with Gasteiger partial charge >= 0.3 is 0 Å². The van der Waals surface area contributed by atoms with Crippen molar-refractivity contribution in [2.24, 2.45) is 0 Å². The molecule has 0 saturated carbocycles. The number of para-hydroxylation sites is 3. The van der Waals surface area contributed by atoms with Gasteiger partial charge in [-0.1, -0.05) is 140 Å². The summed E-state index contributed by atoms with van der Waals surface area (Å²) in [6.07, 6.45) is 0. The lowest BCUT2D eigenvalue weighted by Gasteiger charge is -2.27. The van der Waals surface area contributed by atoms with E-state index in [-0.39, 0.29) is 0 Å². The molecule has 0 fully saturated rings. The molecule has 0 aliphatic carbocycles. The lowest BCUT2D eigenvalue weighted by Crippen LogP contribution is -2.10. The molecule has 0 bridgehead atoms. The zero-order chi connectivity index (χ0) is 40.7. The van der Waals surface area contributed by atoms with Crippen molar-refractivity contribution in [3.8, 4) is 27.9 Å². The molecule has 290 valence electrons. The highest BCUT2D eigenvalue weighted by molar-refractivity contribution is 6.19. The Hall–Kier alpha value is -8.34. The molecule has 0 spiro atoms. The van der Waals surface area contributed by atoms with Gasteiger partial charge < -0.3 is 18.3 Å². The lowest BCUT2D eigenvalue weighted by molar-refractivity contribution is 0.669. The summed E-state index contributed by atoms with van der Waals surface area (Å²) >= 11 is 0. The van der Waals surface area contributed by atoms with Crippen molar-refractivity contribution in [1.82, 2.24) is 4.57 Å². The number of benzene rings is 10. The minimum Gasteiger partial charge on any atom is -0.456 e. The van der Waals surface area contributed by atoms with Gasteiger partial charge in [0.05, 0.1) is 11.0 Å². The summed E-state index contributed by atoms with van der Waals surface area (Å²) in [5, 5.41) is 9.26. The third-order valence-corrected chi connectivity index (χ3v) is 12.6. The lowest BCUT2D eigenvalue weighted by atomic mass is 9.97. The van der Waals surface area contributed by atoms with Gasteiger partial charge in [-0.15, -0.1) is 0 Å². The highest BCUT2D eigenvalue weighted by atomic mass is 16.3. The molecule has 10 aromatic carbocycles. The zero-order valence-corrected chi connectivity index (χ0v) is 33.5. The number of hydrogen-bond donors (Lipinski definition) is 0. The maximum Gasteiger partial charge on any atom is 0.143 e. The first-order valence-corrected chi connectivity index (χ1v) is 21.1. The topological polar surface area (TPSA) is 34.5 Å². The van der Waals surface area contributed by atoms with E-state index in [4.69, 9.17) is 8.83 Å². The molecule has 0 radical (unpaired) electrons. The molecular weight excluding hydrogens is 757 g/mol. The van der Waals surface area contributed by atoms with Crippen LogP contribution in [0.2, 0.25) is 0 Å². The van der Waals surface area contributed by atoms with Crippen LogP contribution >= 0.6 is 0 Å². The molecule has 3 aromatic heterocycles. The van der Waals surface area contributed by atoms with Gasteiger partial charge in [0.15, 0.2) is 0 Å². The smallest absolute Gasteiger partial charge is 0.143 e. The van der Waals surface area contributed by atoms with E-state index in [0.29, 0.717) is 0 Å². The molecule has 62 heavy (non-hydrogen) atoms. The van der Waals surface area contributed by atoms with E-state index in [1.807, 2.05) is 12.1 Å². The van der Waals surface area contributed by atoms with Gasteiger partial charge in [-0.3, -0.25) is 0 Å². The normalized spacial score (nSPS) is 11.9. The maximum absolute atomic E-state index is 6.63. The average Bonchev–Trinajstić information content (AvgIpc) is 4.02. The van der Waals surface area contributed by atoms with Crippen LogP contribution in [0.15, 0.2) is 227 Å². The van der Waals surface area contributed by atoms with Crippen LogP contribution in [0, 0.1) is 0 Å². The third-order valence-electron chi connectivity index (χ3n) is 12.6. The molecule has 13 aromatic rings. The first-order valence-electron chi connectivity index (χ1n) is 21.1. The van der Waals surface area contributed by atoms with Gasteiger partial charge in [-0.25, -0.2) is 0 Å². The van der Waals surface area contributed by atoms with E-state index in [1.54, 1.807) is 0 Å². The van der Waals surface area contributed by atoms with Gasteiger partial charge in [0.2, 0.25) is 0 Å². The fourth-order valence-corrected chi connectivity index (χ4v) is 9.83. The Morgan fingerprint density at radius 3 is 1.69 bits per heavy atom. The summed E-state index contributed by atoms with van der Waals surface area (Å²) in [6.45, 7) is 0. The van der Waals surface area contributed by atoms with Gasteiger partial charge in [-0.2, -0.15) is 0 Å². The molecule has 0 saturated heterocycles. The van der Waals surface area contributed by atoms with Crippen LogP contribution in [0.3, 0.4) is 0 Å². The zero-order valence-electron chi connectivity index (χ0n) is 33.5. The number of nitrogens with zero attached hydrogens (tertiary/aromatic N) is 2. The molecule has 0 amide bonds. The van der Waals surface area contributed by atoms with Crippen molar-refractivity contribution < 1.29 is 8.83 Å². The number of aromatic nitrogens is 1. The molecular formula is C58H36N2O2. The summed E-state index contributed by atoms with van der Waals surface area (Å²) in [5.41, 5.74) is 14.7. The predicted molar refractivity (Wildman–Crippen MR) is 258 cm³/mol. The summed E-state index contributed by atoms with van der Waals surface area (Å²) in [4.78, 5) is 2.37. The summed E-state index contributed by atoms with van der Waals surface area (Å²) in [6, 6.07) is 78.0. The van der Waals surface area contributed by atoms with Crippen LogP contribution in [-0.4, -0.2) is 4.57 Å². The minimum absolute atomic E-state index is 0.881. The second-order valence-electron chi connectivity index (χ2n) is 16.0. The van der Waals surface area contributed by atoms with Gasteiger partial charge in [-0.05, 0) is 107 Å². The summed E-state index contributed by atoms with van der Waals surface area (Å²) < 4.78 is 15.3. The maximum atomic E-state index is 6.63. The minimum atomic E-state index is 0.881. The predicted octanol–water partition coefficient (Wildman–Crippen LogP) is 16.5. The van der Waals surface area contributed by atoms with Crippen LogP contribution in [-0.2, 0) is 0 Å². The van der Waals surface area contributed by atoms with Crippen molar-refractivity contribution in [3.05, 3.63) is 218 Å². The molecule has 4 nitrogen and oxygen atoms in total. The molecule has 0 unspecified atom stereocenters. The number of hydrogen-bond acceptors (Lipinski definition) is 3. The summed E-state index contributed by atoms with van der Waals surface area (Å²) in [7, 11) is 0. The van der Waals surface area contributed by atoms with Crippen LogP contribution in [0.4, 0.5) is 17.1 Å². The van der Waals surface area contributed by atoms with Crippen LogP contribution in [0.25, 0.3) is 104 Å². The van der Waals surface area contributed by atoms with Gasteiger partial charge in [0, 0.05) is 60.5 Å². The van der Waals surface area contributed by atoms with Crippen molar-refractivity contribution in [1.29, 1.82) is 0 Å². The largest absolute Gasteiger partial charge is 0.456 e. The highest BCUT2D eigenvalue weighted by Crippen LogP contribution is 2.44. The standard InChI is InChI=1S/C58H36N2O2/c1-2-18-46-37(13-1)31-34-50-57-45(23-12-28-55(57)62-58(46)50)39-14-9-15-41(35-39)59(40-32-29-38(30-33-40)44-22-11-27-54-56(44)49-21-5-8-26-53(49)61-54)42-16-10-17-43(36-42)60-51-24-6-3-19-47(51)48-20-4-7-25-52(48)60/h1-36H. The van der Waals surface area contributed by atoms with E-state index in [1.165, 1.54) is 27.2 Å². The van der Waals surface area contributed by atoms with Crippen molar-refractivity contribution in [2.75, 3.05) is 4.90 Å². The van der Waals surface area contributed by atoms with Gasteiger partial charge in [0.1, 0.15) is 22.3 Å². The Morgan fingerprint density at radius 1 is 0.339 bits per heavy atom. The molecule has 4 heteroatoms. The van der Waals surface area contributed by atoms with E-state index in [0.717, 1.165) is 94.3 Å².